The van der Waals surface area contributed by atoms with Crippen LogP contribution in [0.1, 0.15) is 49.0 Å². The number of amides is 2. The van der Waals surface area contributed by atoms with Crippen LogP contribution >= 0.6 is 11.6 Å². The van der Waals surface area contributed by atoms with Gasteiger partial charge in [0.25, 0.3) is 0 Å². The van der Waals surface area contributed by atoms with Crippen molar-refractivity contribution in [3.05, 3.63) is 64.3 Å². The van der Waals surface area contributed by atoms with Gasteiger partial charge in [-0.1, -0.05) is 37.1 Å². The molecule has 33 heavy (non-hydrogen) atoms. The second kappa shape index (κ2) is 10.2. The first-order valence-electron chi connectivity index (χ1n) is 11.3. The van der Waals surface area contributed by atoms with E-state index in [0.717, 1.165) is 40.6 Å². The highest BCUT2D eigenvalue weighted by atomic mass is 35.5. The number of unbranched alkanes of at least 4 members (excludes halogenated alkanes) is 1. The quantitative estimate of drug-likeness (QED) is 0.428. The summed E-state index contributed by atoms with van der Waals surface area (Å²) in [5.41, 5.74) is 3.82. The number of hydrogen-bond donors (Lipinski definition) is 3. The molecule has 1 aliphatic heterocycles. The smallest absolute Gasteiger partial charge is 0.407 e. The lowest BCUT2D eigenvalue weighted by molar-refractivity contribution is -0.133. The second-order valence-electron chi connectivity index (χ2n) is 8.21. The predicted molar refractivity (Wildman–Crippen MR) is 128 cm³/mol. The molecule has 1 aromatic heterocycles. The molecule has 1 atom stereocenters. The number of aromatic nitrogens is 1. The van der Waals surface area contributed by atoms with E-state index in [4.69, 9.17) is 16.3 Å². The predicted octanol–water partition coefficient (Wildman–Crippen LogP) is 4.92. The van der Waals surface area contributed by atoms with Crippen molar-refractivity contribution in [2.75, 3.05) is 19.7 Å². The van der Waals surface area contributed by atoms with Gasteiger partial charge in [-0.25, -0.2) is 4.79 Å². The molecule has 4 rings (SSSR count). The zero-order chi connectivity index (χ0) is 23.4. The minimum atomic E-state index is -0.505. The number of H-pyrrole nitrogens is 1. The molecule has 3 aromatic rings. The van der Waals surface area contributed by atoms with Gasteiger partial charge in [-0.3, -0.25) is 4.79 Å². The maximum atomic E-state index is 13.2. The van der Waals surface area contributed by atoms with Crippen LogP contribution < -0.4 is 5.32 Å². The van der Waals surface area contributed by atoms with E-state index >= 15 is 0 Å². The third-order valence-corrected chi connectivity index (χ3v) is 6.17. The van der Waals surface area contributed by atoms with E-state index in [2.05, 4.69) is 10.3 Å². The summed E-state index contributed by atoms with van der Waals surface area (Å²) in [5.74, 6) is 0.0576. The van der Waals surface area contributed by atoms with Crippen molar-refractivity contribution in [3.63, 3.8) is 0 Å². The van der Waals surface area contributed by atoms with Crippen molar-refractivity contribution in [2.45, 2.75) is 38.6 Å². The largest absolute Gasteiger partial charge is 0.508 e. The maximum Gasteiger partial charge on any atom is 0.407 e. The molecule has 174 valence electrons. The van der Waals surface area contributed by atoms with Gasteiger partial charge in [0.1, 0.15) is 5.75 Å². The molecular weight excluding hydrogens is 442 g/mol. The second-order valence-corrected chi connectivity index (χ2v) is 8.64. The van der Waals surface area contributed by atoms with Gasteiger partial charge in [0, 0.05) is 41.1 Å². The number of aromatic hydroxyl groups is 1. The Kier molecular flexibility index (Phi) is 7.08. The van der Waals surface area contributed by atoms with Crippen LogP contribution in [0.4, 0.5) is 4.79 Å². The Morgan fingerprint density at radius 2 is 2.12 bits per heavy atom. The Morgan fingerprint density at radius 3 is 2.91 bits per heavy atom. The molecule has 3 N–H and O–H groups in total. The highest BCUT2D eigenvalue weighted by Crippen LogP contribution is 2.40. The SMILES string of the molecule is CCCCOC(=O)NCCC(=O)N1CCc2c([nH]c3ccc(Cl)cc23)C1c1cccc(O)c1. The Hall–Kier alpha value is -3.19. The van der Waals surface area contributed by atoms with E-state index in [1.165, 1.54) is 0 Å². The number of nitrogens with zero attached hydrogens (tertiary/aromatic N) is 1. The molecule has 0 fully saturated rings. The lowest BCUT2D eigenvalue weighted by Crippen LogP contribution is -2.42. The normalized spacial score (nSPS) is 15.3. The molecule has 1 aliphatic rings. The van der Waals surface area contributed by atoms with Crippen LogP contribution in [-0.2, 0) is 16.0 Å². The summed E-state index contributed by atoms with van der Waals surface area (Å²) in [6.45, 7) is 3.11. The average molecular weight is 470 g/mol. The summed E-state index contributed by atoms with van der Waals surface area (Å²) in [7, 11) is 0. The molecule has 2 heterocycles. The van der Waals surface area contributed by atoms with Gasteiger partial charge in [-0.15, -0.1) is 0 Å². The number of alkyl carbamates (subject to hydrolysis) is 1. The summed E-state index contributed by atoms with van der Waals surface area (Å²) in [6, 6.07) is 12.3. The summed E-state index contributed by atoms with van der Waals surface area (Å²) < 4.78 is 5.08. The van der Waals surface area contributed by atoms with Gasteiger partial charge < -0.3 is 25.0 Å². The fourth-order valence-electron chi connectivity index (χ4n) is 4.35. The first kappa shape index (κ1) is 23.0. The number of benzene rings is 2. The van der Waals surface area contributed by atoms with E-state index in [1.54, 1.807) is 23.1 Å². The Labute approximate surface area is 197 Å². The van der Waals surface area contributed by atoms with Crippen LogP contribution in [0, 0.1) is 0 Å². The van der Waals surface area contributed by atoms with Crippen LogP contribution in [-0.4, -0.2) is 46.7 Å². The fraction of sp³-hybridized carbons (Fsp3) is 0.360. The monoisotopic (exact) mass is 469 g/mol. The number of aromatic amines is 1. The van der Waals surface area contributed by atoms with Crippen molar-refractivity contribution in [2.24, 2.45) is 0 Å². The van der Waals surface area contributed by atoms with Crippen molar-refractivity contribution < 1.29 is 19.4 Å². The van der Waals surface area contributed by atoms with Crippen LogP contribution in [0.3, 0.4) is 0 Å². The lowest BCUT2D eigenvalue weighted by atomic mass is 9.92. The van der Waals surface area contributed by atoms with Crippen molar-refractivity contribution in [3.8, 4) is 5.75 Å². The van der Waals surface area contributed by atoms with Crippen LogP contribution in [0.5, 0.6) is 5.75 Å². The number of carbonyl (C=O) groups excluding carboxylic acids is 2. The number of ether oxygens (including phenoxy) is 1. The number of fused-ring (bicyclic) bond motifs is 3. The molecule has 0 spiro atoms. The van der Waals surface area contributed by atoms with E-state index in [0.29, 0.717) is 24.6 Å². The number of phenols is 1. The molecule has 0 saturated carbocycles. The van der Waals surface area contributed by atoms with E-state index in [-0.39, 0.29) is 30.7 Å². The number of halogens is 1. The van der Waals surface area contributed by atoms with Crippen molar-refractivity contribution in [1.29, 1.82) is 0 Å². The molecule has 8 heteroatoms. The molecule has 2 aromatic carbocycles. The molecule has 0 bridgehead atoms. The molecule has 1 unspecified atom stereocenters. The number of phenolic OH excluding ortho intramolecular Hbond substituents is 1. The first-order chi connectivity index (χ1) is 16.0. The highest BCUT2D eigenvalue weighted by molar-refractivity contribution is 6.31. The standard InChI is InChI=1S/C25H28ClN3O4/c1-2-3-13-33-25(32)27-11-9-22(31)29-12-10-19-20-15-17(26)7-8-21(20)28-23(19)24(29)16-5-4-6-18(30)14-16/h4-8,14-15,24,28,30H,2-3,9-13H2,1H3,(H,27,32). The van der Waals surface area contributed by atoms with E-state index < -0.39 is 6.09 Å². The number of hydrogen-bond acceptors (Lipinski definition) is 4. The molecule has 2 amide bonds. The molecule has 0 saturated heterocycles. The topological polar surface area (TPSA) is 94.7 Å². The fourth-order valence-corrected chi connectivity index (χ4v) is 4.52. The minimum Gasteiger partial charge on any atom is -0.508 e. The third-order valence-electron chi connectivity index (χ3n) is 5.93. The Morgan fingerprint density at radius 1 is 1.27 bits per heavy atom. The summed E-state index contributed by atoms with van der Waals surface area (Å²) in [4.78, 5) is 30.3. The third kappa shape index (κ3) is 5.09. The van der Waals surface area contributed by atoms with Crippen LogP contribution in [0.25, 0.3) is 10.9 Å². The van der Waals surface area contributed by atoms with Gasteiger partial charge in [0.05, 0.1) is 12.6 Å². The van der Waals surface area contributed by atoms with Gasteiger partial charge in [0.2, 0.25) is 5.91 Å². The lowest BCUT2D eigenvalue weighted by Gasteiger charge is -2.36. The number of rotatable bonds is 7. The van der Waals surface area contributed by atoms with E-state index in [1.807, 2.05) is 31.2 Å². The molecule has 7 nitrogen and oxygen atoms in total. The zero-order valence-corrected chi connectivity index (χ0v) is 19.3. The van der Waals surface area contributed by atoms with Gasteiger partial charge >= 0.3 is 6.09 Å². The van der Waals surface area contributed by atoms with Crippen molar-refractivity contribution in [1.82, 2.24) is 15.2 Å². The van der Waals surface area contributed by atoms with Gasteiger partial charge in [-0.05, 0) is 54.3 Å². The number of nitrogens with one attached hydrogen (secondary N) is 2. The highest BCUT2D eigenvalue weighted by Gasteiger charge is 2.34. The zero-order valence-electron chi connectivity index (χ0n) is 18.6. The Balaban J connectivity index is 1.57. The Bertz CT molecular complexity index is 1160. The summed E-state index contributed by atoms with van der Waals surface area (Å²) in [5, 5.41) is 14.5. The average Bonchev–Trinajstić information content (AvgIpc) is 3.16. The van der Waals surface area contributed by atoms with Crippen LogP contribution in [0.15, 0.2) is 42.5 Å². The van der Waals surface area contributed by atoms with Gasteiger partial charge in [-0.2, -0.15) is 0 Å². The summed E-state index contributed by atoms with van der Waals surface area (Å²) in [6.07, 6.45) is 2.08. The first-order valence-corrected chi connectivity index (χ1v) is 11.6. The minimum absolute atomic E-state index is 0.0838. The van der Waals surface area contributed by atoms with Gasteiger partial charge in [0.15, 0.2) is 0 Å². The maximum absolute atomic E-state index is 13.2. The summed E-state index contributed by atoms with van der Waals surface area (Å²) >= 11 is 6.24. The molecule has 0 radical (unpaired) electrons. The van der Waals surface area contributed by atoms with E-state index in [9.17, 15) is 14.7 Å². The molecular formula is C25H28ClN3O4. The molecule has 0 aliphatic carbocycles. The number of carbonyl (C=O) groups is 2. The van der Waals surface area contributed by atoms with Crippen LogP contribution in [0.2, 0.25) is 5.02 Å². The van der Waals surface area contributed by atoms with Crippen molar-refractivity contribution >= 4 is 34.5 Å².